The molecule has 5 heteroatoms. The van der Waals surface area contributed by atoms with Crippen molar-refractivity contribution in [2.45, 2.75) is 6.54 Å². The maximum Gasteiger partial charge on any atom is 0.260 e. The highest BCUT2D eigenvalue weighted by Crippen LogP contribution is 2.39. The van der Waals surface area contributed by atoms with E-state index in [-0.39, 0.29) is 5.91 Å². The Kier molecular flexibility index (Phi) is 4.27. The first-order chi connectivity index (χ1) is 12.7. The molecule has 4 nitrogen and oxygen atoms in total. The van der Waals surface area contributed by atoms with Crippen LogP contribution in [-0.4, -0.2) is 13.0 Å². The number of benzene rings is 3. The number of carbonyl (C=O) groups excluding carboxylic acids is 1. The first kappa shape index (κ1) is 16.5. The van der Waals surface area contributed by atoms with Crippen LogP contribution in [0.15, 0.2) is 66.7 Å². The van der Waals surface area contributed by atoms with Crippen LogP contribution in [0.2, 0.25) is 5.02 Å². The van der Waals surface area contributed by atoms with Crippen LogP contribution in [0.5, 0.6) is 5.75 Å². The predicted octanol–water partition coefficient (Wildman–Crippen LogP) is 5.25. The van der Waals surface area contributed by atoms with Crippen molar-refractivity contribution in [3.05, 3.63) is 82.9 Å². The van der Waals surface area contributed by atoms with Crippen LogP contribution in [0, 0.1) is 0 Å². The van der Waals surface area contributed by atoms with Crippen molar-refractivity contribution < 1.29 is 9.53 Å². The van der Waals surface area contributed by atoms with E-state index >= 15 is 0 Å². The number of rotatable bonds is 3. The number of nitrogens with zero attached hydrogens (tertiary/aromatic N) is 1. The highest BCUT2D eigenvalue weighted by Gasteiger charge is 2.27. The van der Waals surface area contributed by atoms with E-state index in [9.17, 15) is 4.79 Å². The molecule has 4 rings (SSSR count). The first-order valence-electron chi connectivity index (χ1n) is 8.26. The summed E-state index contributed by atoms with van der Waals surface area (Å²) in [6.45, 7) is 0.465. The van der Waals surface area contributed by atoms with E-state index < -0.39 is 0 Å². The number of methoxy groups -OCH3 is 1. The van der Waals surface area contributed by atoms with E-state index in [1.54, 1.807) is 24.1 Å². The molecule has 0 unspecified atom stereocenters. The molecule has 0 aliphatic carbocycles. The highest BCUT2D eigenvalue weighted by molar-refractivity contribution is 6.31. The Bertz CT molecular complexity index is 973. The Morgan fingerprint density at radius 2 is 1.81 bits per heavy atom. The number of amides is 1. The summed E-state index contributed by atoms with van der Waals surface area (Å²) in [5, 5.41) is 3.88. The second-order valence-corrected chi connectivity index (χ2v) is 6.51. The molecule has 26 heavy (non-hydrogen) atoms. The van der Waals surface area contributed by atoms with Crippen LogP contribution in [0.4, 0.5) is 17.1 Å². The zero-order valence-corrected chi connectivity index (χ0v) is 15.0. The third-order valence-corrected chi connectivity index (χ3v) is 4.64. The summed E-state index contributed by atoms with van der Waals surface area (Å²) in [4.78, 5) is 15.1. The van der Waals surface area contributed by atoms with Gasteiger partial charge in [0, 0.05) is 11.1 Å². The van der Waals surface area contributed by atoms with E-state index in [2.05, 4.69) is 5.32 Å². The molecule has 0 aromatic heterocycles. The number of fused-ring (bicyclic) bond motifs is 2. The van der Waals surface area contributed by atoms with Gasteiger partial charge < -0.3 is 15.0 Å². The van der Waals surface area contributed by atoms with Crippen molar-refractivity contribution in [3.8, 4) is 5.75 Å². The van der Waals surface area contributed by atoms with Crippen molar-refractivity contribution in [1.82, 2.24) is 0 Å². The molecular weight excluding hydrogens is 348 g/mol. The molecule has 0 fully saturated rings. The lowest BCUT2D eigenvalue weighted by atomic mass is 10.1. The molecule has 0 radical (unpaired) electrons. The van der Waals surface area contributed by atoms with Gasteiger partial charge >= 0.3 is 0 Å². The summed E-state index contributed by atoms with van der Waals surface area (Å²) in [5.41, 5.74) is 3.93. The lowest BCUT2D eigenvalue weighted by molar-refractivity contribution is 0.0986. The van der Waals surface area contributed by atoms with Gasteiger partial charge in [-0.15, -0.1) is 0 Å². The van der Waals surface area contributed by atoms with E-state index in [4.69, 9.17) is 16.3 Å². The minimum atomic E-state index is -0.0947. The van der Waals surface area contributed by atoms with Gasteiger partial charge in [-0.2, -0.15) is 0 Å². The number of hydrogen-bond donors (Lipinski definition) is 1. The fourth-order valence-corrected chi connectivity index (χ4v) is 3.27. The fraction of sp³-hybridized carbons (Fsp3) is 0.0952. The number of hydrogen-bond acceptors (Lipinski definition) is 3. The number of nitrogens with one attached hydrogen (secondary N) is 1. The number of halogens is 1. The number of carbonyl (C=O) groups is 1. The predicted molar refractivity (Wildman–Crippen MR) is 105 cm³/mol. The maximum absolute atomic E-state index is 13.3. The minimum absolute atomic E-state index is 0.0947. The normalized spacial score (nSPS) is 12.7. The molecule has 0 atom stereocenters. The molecule has 0 saturated heterocycles. The van der Waals surface area contributed by atoms with Gasteiger partial charge in [-0.3, -0.25) is 4.79 Å². The van der Waals surface area contributed by atoms with Crippen LogP contribution in [0.25, 0.3) is 0 Å². The van der Waals surface area contributed by atoms with E-state index in [0.29, 0.717) is 17.1 Å². The molecule has 1 N–H and O–H groups in total. The third kappa shape index (κ3) is 3.00. The Morgan fingerprint density at radius 3 is 2.58 bits per heavy atom. The van der Waals surface area contributed by atoms with Gasteiger partial charge in [-0.25, -0.2) is 0 Å². The van der Waals surface area contributed by atoms with Crippen molar-refractivity contribution in [2.24, 2.45) is 0 Å². The van der Waals surface area contributed by atoms with Crippen LogP contribution in [-0.2, 0) is 6.54 Å². The van der Waals surface area contributed by atoms with Crippen molar-refractivity contribution in [2.75, 3.05) is 17.3 Å². The van der Waals surface area contributed by atoms with Crippen LogP contribution >= 0.6 is 11.6 Å². The molecule has 0 saturated carbocycles. The average molecular weight is 365 g/mol. The van der Waals surface area contributed by atoms with Gasteiger partial charge in [0.15, 0.2) is 0 Å². The van der Waals surface area contributed by atoms with E-state index in [1.807, 2.05) is 54.6 Å². The molecule has 0 spiro atoms. The van der Waals surface area contributed by atoms with Crippen LogP contribution < -0.4 is 15.0 Å². The summed E-state index contributed by atoms with van der Waals surface area (Å²) in [7, 11) is 1.62. The van der Waals surface area contributed by atoms with Crippen molar-refractivity contribution in [1.29, 1.82) is 0 Å². The molecule has 3 aromatic rings. The van der Waals surface area contributed by atoms with Gasteiger partial charge in [0.05, 0.1) is 36.3 Å². The summed E-state index contributed by atoms with van der Waals surface area (Å²) >= 11 is 6.14. The molecule has 3 aromatic carbocycles. The summed E-state index contributed by atoms with van der Waals surface area (Å²) < 4.78 is 5.34. The summed E-state index contributed by atoms with van der Waals surface area (Å²) in [6.07, 6.45) is 0. The van der Waals surface area contributed by atoms with Crippen molar-refractivity contribution >= 4 is 34.6 Å². The Morgan fingerprint density at radius 1 is 1.00 bits per heavy atom. The van der Waals surface area contributed by atoms with Gasteiger partial charge in [0.1, 0.15) is 5.75 Å². The third-order valence-electron chi connectivity index (χ3n) is 4.40. The number of anilines is 3. The molecule has 130 valence electrons. The average Bonchev–Trinajstić information content (AvgIpc) is 2.78. The molecule has 0 bridgehead atoms. The molecular formula is C21H17ClN2O2. The van der Waals surface area contributed by atoms with Gasteiger partial charge in [-0.1, -0.05) is 41.9 Å². The largest absolute Gasteiger partial charge is 0.497 e. The Labute approximate surface area is 157 Å². The van der Waals surface area contributed by atoms with Gasteiger partial charge in [0.25, 0.3) is 5.91 Å². The zero-order valence-electron chi connectivity index (χ0n) is 14.2. The number of ether oxygens (including phenoxy) is 1. The molecule has 1 aliphatic heterocycles. The SMILES string of the molecule is COc1ccc2c(c1)Nc1ccc(Cl)cc1C(=O)N2Cc1ccccc1. The van der Waals surface area contributed by atoms with Crippen LogP contribution in [0.3, 0.4) is 0 Å². The molecule has 1 aliphatic rings. The minimum Gasteiger partial charge on any atom is -0.497 e. The standard InChI is InChI=1S/C21H17ClN2O2/c1-26-16-8-10-20-19(12-16)23-18-9-7-15(22)11-17(18)21(25)24(20)13-14-5-3-2-4-6-14/h2-12,23H,13H2,1H3. The molecule has 1 amide bonds. The lowest BCUT2D eigenvalue weighted by Crippen LogP contribution is -2.29. The fourth-order valence-electron chi connectivity index (χ4n) is 3.10. The Balaban J connectivity index is 1.86. The zero-order chi connectivity index (χ0) is 18.1. The van der Waals surface area contributed by atoms with Crippen molar-refractivity contribution in [3.63, 3.8) is 0 Å². The van der Waals surface area contributed by atoms with Gasteiger partial charge in [-0.05, 0) is 35.9 Å². The van der Waals surface area contributed by atoms with E-state index in [0.717, 1.165) is 28.4 Å². The van der Waals surface area contributed by atoms with E-state index in [1.165, 1.54) is 0 Å². The maximum atomic E-state index is 13.3. The summed E-state index contributed by atoms with van der Waals surface area (Å²) in [5.74, 6) is 0.628. The molecule has 1 heterocycles. The quantitative estimate of drug-likeness (QED) is 0.689. The smallest absolute Gasteiger partial charge is 0.260 e. The lowest BCUT2D eigenvalue weighted by Gasteiger charge is -2.23. The second-order valence-electron chi connectivity index (χ2n) is 6.07. The monoisotopic (exact) mass is 364 g/mol. The highest BCUT2D eigenvalue weighted by atomic mass is 35.5. The topological polar surface area (TPSA) is 41.6 Å². The summed E-state index contributed by atoms with van der Waals surface area (Å²) in [6, 6.07) is 20.9. The first-order valence-corrected chi connectivity index (χ1v) is 8.64. The van der Waals surface area contributed by atoms with Crippen LogP contribution in [0.1, 0.15) is 15.9 Å². The van der Waals surface area contributed by atoms with Gasteiger partial charge in [0.2, 0.25) is 0 Å². The Hall–Kier alpha value is -2.98. The second kappa shape index (κ2) is 6.73.